The molecule has 0 unspecified atom stereocenters. The predicted octanol–water partition coefficient (Wildman–Crippen LogP) is 4.17. The van der Waals surface area contributed by atoms with Crippen molar-refractivity contribution in [3.05, 3.63) is 64.3 Å². The van der Waals surface area contributed by atoms with Crippen LogP contribution in [0.5, 0.6) is 0 Å². The van der Waals surface area contributed by atoms with E-state index in [-0.39, 0.29) is 11.3 Å². The number of aromatic nitrogens is 2. The summed E-state index contributed by atoms with van der Waals surface area (Å²) in [4.78, 5) is -1.30. The Morgan fingerprint density at radius 1 is 1.04 bits per heavy atom. The molecule has 3 aromatic rings. The van der Waals surface area contributed by atoms with Crippen LogP contribution >= 0.6 is 15.9 Å². The van der Waals surface area contributed by atoms with Gasteiger partial charge in [-0.05, 0) is 42.5 Å². The molecule has 0 spiro atoms. The molecule has 3 rings (SSSR count). The first kappa shape index (κ1) is 19.5. The zero-order valence-corrected chi connectivity index (χ0v) is 15.6. The highest BCUT2D eigenvalue weighted by Crippen LogP contribution is 2.31. The van der Waals surface area contributed by atoms with Crippen LogP contribution in [0.15, 0.2) is 51.8 Å². The molecular weight excluding hydrogens is 454 g/mol. The summed E-state index contributed by atoms with van der Waals surface area (Å²) in [5.41, 5.74) is -0.480. The van der Waals surface area contributed by atoms with Crippen LogP contribution in [0, 0.1) is 11.6 Å². The number of sulfonamides is 1. The molecule has 0 fully saturated rings. The van der Waals surface area contributed by atoms with E-state index in [4.69, 9.17) is 5.14 Å². The third kappa shape index (κ3) is 3.89. The summed E-state index contributed by atoms with van der Waals surface area (Å²) in [7, 11) is -4.64. The van der Waals surface area contributed by atoms with Crippen molar-refractivity contribution in [1.82, 2.24) is 9.78 Å². The molecule has 0 aliphatic heterocycles. The van der Waals surface area contributed by atoms with Crippen LogP contribution in [0.4, 0.5) is 17.6 Å². The van der Waals surface area contributed by atoms with Crippen LogP contribution in [-0.4, -0.2) is 18.2 Å². The number of alkyl halides is 2. The Morgan fingerprint density at radius 2 is 1.59 bits per heavy atom. The van der Waals surface area contributed by atoms with Crippen LogP contribution in [0.25, 0.3) is 16.9 Å². The van der Waals surface area contributed by atoms with Gasteiger partial charge in [0, 0.05) is 10.0 Å². The third-order valence-corrected chi connectivity index (χ3v) is 5.09. The van der Waals surface area contributed by atoms with Crippen molar-refractivity contribution in [1.29, 1.82) is 0 Å². The van der Waals surface area contributed by atoms with Crippen LogP contribution < -0.4 is 5.14 Å². The molecule has 0 aliphatic rings. The summed E-state index contributed by atoms with van der Waals surface area (Å²) in [6, 6.07) is 8.75. The number of rotatable bonds is 4. The molecule has 142 valence electrons. The van der Waals surface area contributed by atoms with E-state index in [1.807, 2.05) is 0 Å². The minimum Gasteiger partial charge on any atom is -0.233 e. The van der Waals surface area contributed by atoms with Crippen LogP contribution in [0.2, 0.25) is 0 Å². The van der Waals surface area contributed by atoms with E-state index < -0.39 is 38.7 Å². The van der Waals surface area contributed by atoms with Gasteiger partial charge in [-0.15, -0.1) is 0 Å². The molecule has 2 N–H and O–H groups in total. The highest BCUT2D eigenvalue weighted by molar-refractivity contribution is 9.10. The van der Waals surface area contributed by atoms with Gasteiger partial charge in [0.1, 0.15) is 17.3 Å². The number of benzene rings is 2. The first-order chi connectivity index (χ1) is 12.6. The molecule has 1 aromatic heterocycles. The van der Waals surface area contributed by atoms with Gasteiger partial charge in [0.05, 0.1) is 11.4 Å². The van der Waals surface area contributed by atoms with Crippen LogP contribution in [-0.2, 0) is 10.0 Å². The maximum atomic E-state index is 14.2. The third-order valence-electron chi connectivity index (χ3n) is 3.60. The zero-order chi connectivity index (χ0) is 19.9. The summed E-state index contributed by atoms with van der Waals surface area (Å²) in [6.07, 6.45) is -2.92. The molecule has 11 heteroatoms. The minimum atomic E-state index is -4.64. The Morgan fingerprint density at radius 3 is 2.07 bits per heavy atom. The average Bonchev–Trinajstić information content (AvgIpc) is 2.99. The van der Waals surface area contributed by atoms with Crippen molar-refractivity contribution in [2.24, 2.45) is 5.14 Å². The molecule has 0 aliphatic carbocycles. The number of nitrogens with zero attached hydrogens (tertiary/aromatic N) is 2. The monoisotopic (exact) mass is 463 g/mol. The van der Waals surface area contributed by atoms with Gasteiger partial charge in [0.15, 0.2) is 4.90 Å². The summed E-state index contributed by atoms with van der Waals surface area (Å²) >= 11 is 3.24. The first-order valence-electron chi connectivity index (χ1n) is 7.24. The maximum absolute atomic E-state index is 14.2. The average molecular weight is 464 g/mol. The SMILES string of the molecule is NS(=O)(=O)c1c(F)cc(-c2cc(C(F)F)nn2-c2ccc(Br)cc2)cc1F. The summed E-state index contributed by atoms with van der Waals surface area (Å²) in [5, 5.41) is 8.58. The predicted molar refractivity (Wildman–Crippen MR) is 92.9 cm³/mol. The lowest BCUT2D eigenvalue weighted by atomic mass is 10.1. The van der Waals surface area contributed by atoms with Crippen molar-refractivity contribution < 1.29 is 26.0 Å². The fraction of sp³-hybridized carbons (Fsp3) is 0.0625. The molecule has 0 atom stereocenters. The zero-order valence-electron chi connectivity index (χ0n) is 13.2. The molecule has 5 nitrogen and oxygen atoms in total. The van der Waals surface area contributed by atoms with E-state index in [9.17, 15) is 26.0 Å². The van der Waals surface area contributed by atoms with E-state index in [0.29, 0.717) is 17.8 Å². The maximum Gasteiger partial charge on any atom is 0.282 e. The number of hydrogen-bond donors (Lipinski definition) is 1. The Labute approximate surface area is 159 Å². The fourth-order valence-corrected chi connectivity index (χ4v) is 3.40. The van der Waals surface area contributed by atoms with Crippen molar-refractivity contribution in [2.45, 2.75) is 11.3 Å². The second-order valence-corrected chi connectivity index (χ2v) is 7.87. The van der Waals surface area contributed by atoms with Gasteiger partial charge < -0.3 is 0 Å². The topological polar surface area (TPSA) is 78.0 Å². The Kier molecular flexibility index (Phi) is 5.10. The van der Waals surface area contributed by atoms with Gasteiger partial charge in [0.25, 0.3) is 6.43 Å². The van der Waals surface area contributed by atoms with Crippen molar-refractivity contribution >= 4 is 26.0 Å². The smallest absolute Gasteiger partial charge is 0.233 e. The summed E-state index contributed by atoms with van der Waals surface area (Å²) < 4.78 is 79.0. The van der Waals surface area contributed by atoms with E-state index in [2.05, 4.69) is 21.0 Å². The molecule has 0 saturated carbocycles. The molecule has 27 heavy (non-hydrogen) atoms. The van der Waals surface area contributed by atoms with Crippen LogP contribution in [0.1, 0.15) is 12.1 Å². The lowest BCUT2D eigenvalue weighted by Gasteiger charge is -2.10. The van der Waals surface area contributed by atoms with Gasteiger partial charge in [0.2, 0.25) is 10.0 Å². The van der Waals surface area contributed by atoms with Crippen molar-refractivity contribution in [3.63, 3.8) is 0 Å². The minimum absolute atomic E-state index is 0.0496. The highest BCUT2D eigenvalue weighted by atomic mass is 79.9. The first-order valence-corrected chi connectivity index (χ1v) is 9.58. The van der Waals surface area contributed by atoms with Gasteiger partial charge >= 0.3 is 0 Å². The molecule has 0 radical (unpaired) electrons. The quantitative estimate of drug-likeness (QED) is 0.589. The summed E-state index contributed by atoms with van der Waals surface area (Å²) in [5.74, 6) is -2.87. The fourth-order valence-electron chi connectivity index (χ4n) is 2.47. The Balaban J connectivity index is 2.24. The summed E-state index contributed by atoms with van der Waals surface area (Å²) in [6.45, 7) is 0. The highest BCUT2D eigenvalue weighted by Gasteiger charge is 2.24. The van der Waals surface area contributed by atoms with E-state index in [1.165, 1.54) is 0 Å². The lowest BCUT2D eigenvalue weighted by Crippen LogP contribution is -2.16. The van der Waals surface area contributed by atoms with Gasteiger partial charge in [-0.1, -0.05) is 15.9 Å². The number of nitrogens with two attached hydrogens (primary N) is 1. The number of primary sulfonamides is 1. The molecule has 1 heterocycles. The van der Waals surface area contributed by atoms with E-state index in [1.54, 1.807) is 24.3 Å². The number of hydrogen-bond acceptors (Lipinski definition) is 3. The van der Waals surface area contributed by atoms with Gasteiger partial charge in [-0.25, -0.2) is 35.8 Å². The molecule has 0 saturated heterocycles. The Hall–Kier alpha value is -2.24. The molecular formula is C16H10BrF4N3O2S. The lowest BCUT2D eigenvalue weighted by molar-refractivity contribution is 0.145. The molecule has 0 bridgehead atoms. The second-order valence-electron chi connectivity index (χ2n) is 5.46. The Bertz CT molecular complexity index is 1090. The molecule has 2 aromatic carbocycles. The number of halogens is 5. The van der Waals surface area contributed by atoms with Gasteiger partial charge in [-0.2, -0.15) is 5.10 Å². The van der Waals surface area contributed by atoms with Gasteiger partial charge in [-0.3, -0.25) is 0 Å². The van der Waals surface area contributed by atoms with E-state index in [0.717, 1.165) is 15.2 Å². The largest absolute Gasteiger partial charge is 0.282 e. The van der Waals surface area contributed by atoms with E-state index >= 15 is 0 Å². The van der Waals surface area contributed by atoms with Crippen LogP contribution in [0.3, 0.4) is 0 Å². The van der Waals surface area contributed by atoms with Crippen molar-refractivity contribution in [3.8, 4) is 16.9 Å². The normalized spacial score (nSPS) is 12.0. The standard InChI is InChI=1S/C16H10BrF4N3O2S/c17-9-1-3-10(4-2-9)24-14(7-13(23-24)16(20)21)8-5-11(18)15(12(19)6-8)27(22,25)26/h1-7,16H,(H2,22,25,26). The second kappa shape index (κ2) is 7.06. The van der Waals surface area contributed by atoms with Crippen molar-refractivity contribution in [2.75, 3.05) is 0 Å². The molecule has 0 amide bonds.